The normalized spacial score (nSPS) is 10.9. The van der Waals surface area contributed by atoms with Gasteiger partial charge in [0.25, 0.3) is 5.91 Å². The summed E-state index contributed by atoms with van der Waals surface area (Å²) in [5, 5.41) is 4.07. The highest BCUT2D eigenvalue weighted by Gasteiger charge is 2.04. The van der Waals surface area contributed by atoms with E-state index in [9.17, 15) is 4.79 Å². The molecule has 0 aliphatic carbocycles. The number of rotatable bonds is 3. The van der Waals surface area contributed by atoms with Gasteiger partial charge in [0.1, 0.15) is 0 Å². The first-order chi connectivity index (χ1) is 9.97. The number of carbonyl (C=O) groups is 1. The van der Waals surface area contributed by atoms with E-state index in [2.05, 4.69) is 29.6 Å². The molecule has 0 aliphatic heterocycles. The highest BCUT2D eigenvalue weighted by molar-refractivity contribution is 5.95. The Morgan fingerprint density at radius 2 is 1.52 bits per heavy atom. The third-order valence-corrected chi connectivity index (χ3v) is 3.41. The fraction of sp³-hybridized carbons (Fsp3) is 0.222. The summed E-state index contributed by atoms with van der Waals surface area (Å²) in [5.41, 5.74) is 8.88. The van der Waals surface area contributed by atoms with Gasteiger partial charge in [0.05, 0.1) is 6.21 Å². The van der Waals surface area contributed by atoms with Crippen molar-refractivity contribution in [1.29, 1.82) is 0 Å². The quantitative estimate of drug-likeness (QED) is 0.676. The molecular weight excluding hydrogens is 260 g/mol. The Kier molecular flexibility index (Phi) is 4.53. The number of benzene rings is 2. The van der Waals surface area contributed by atoms with Crippen LogP contribution in [0.2, 0.25) is 0 Å². The third kappa shape index (κ3) is 3.78. The van der Waals surface area contributed by atoms with Gasteiger partial charge in [-0.1, -0.05) is 35.4 Å². The lowest BCUT2D eigenvalue weighted by atomic mass is 10.0. The number of hydrogen-bond acceptors (Lipinski definition) is 2. The van der Waals surface area contributed by atoms with Gasteiger partial charge < -0.3 is 0 Å². The number of carbonyl (C=O) groups excluding carboxylic acids is 1. The van der Waals surface area contributed by atoms with Crippen molar-refractivity contribution in [3.63, 3.8) is 0 Å². The number of hydrazone groups is 1. The number of aryl methyl sites for hydroxylation is 4. The van der Waals surface area contributed by atoms with E-state index in [1.165, 1.54) is 5.56 Å². The largest absolute Gasteiger partial charge is 0.271 e. The Balaban J connectivity index is 2.09. The summed E-state index contributed by atoms with van der Waals surface area (Å²) in [6, 6.07) is 11.6. The first kappa shape index (κ1) is 15.0. The number of nitrogens with one attached hydrogen (secondary N) is 1. The van der Waals surface area contributed by atoms with Crippen LogP contribution in [0.3, 0.4) is 0 Å². The zero-order valence-corrected chi connectivity index (χ0v) is 12.9. The van der Waals surface area contributed by atoms with Gasteiger partial charge >= 0.3 is 0 Å². The molecule has 2 aromatic carbocycles. The van der Waals surface area contributed by atoms with Crippen LogP contribution in [0.1, 0.15) is 38.2 Å². The summed E-state index contributed by atoms with van der Waals surface area (Å²) in [7, 11) is 0. The molecular formula is C18H20N2O. The van der Waals surface area contributed by atoms with E-state index in [-0.39, 0.29) is 5.91 Å². The molecule has 0 saturated heterocycles. The van der Waals surface area contributed by atoms with Crippen molar-refractivity contribution in [1.82, 2.24) is 5.43 Å². The van der Waals surface area contributed by atoms with Crippen molar-refractivity contribution in [3.05, 3.63) is 69.8 Å². The molecule has 1 amide bonds. The SMILES string of the molecule is Cc1ccc(C(=O)N/N=C/c2c(C)cc(C)cc2C)cc1. The monoisotopic (exact) mass is 280 g/mol. The molecule has 108 valence electrons. The van der Waals surface area contributed by atoms with Gasteiger partial charge in [-0.05, 0) is 51.0 Å². The molecule has 2 aromatic rings. The van der Waals surface area contributed by atoms with Crippen molar-refractivity contribution in [3.8, 4) is 0 Å². The minimum Gasteiger partial charge on any atom is -0.267 e. The average molecular weight is 280 g/mol. The lowest BCUT2D eigenvalue weighted by molar-refractivity contribution is 0.0955. The van der Waals surface area contributed by atoms with E-state index in [1.54, 1.807) is 18.3 Å². The molecule has 0 spiro atoms. The predicted octanol–water partition coefficient (Wildman–Crippen LogP) is 3.68. The third-order valence-electron chi connectivity index (χ3n) is 3.41. The molecule has 21 heavy (non-hydrogen) atoms. The predicted molar refractivity (Wildman–Crippen MR) is 86.9 cm³/mol. The molecule has 0 bridgehead atoms. The van der Waals surface area contributed by atoms with Gasteiger partial charge in [0.15, 0.2) is 0 Å². The molecule has 0 aromatic heterocycles. The second kappa shape index (κ2) is 6.35. The summed E-state index contributed by atoms with van der Waals surface area (Å²) >= 11 is 0. The van der Waals surface area contributed by atoms with Crippen LogP contribution in [0.4, 0.5) is 0 Å². The fourth-order valence-corrected chi connectivity index (χ4v) is 2.32. The molecule has 0 atom stereocenters. The second-order valence-electron chi connectivity index (χ2n) is 5.38. The van der Waals surface area contributed by atoms with E-state index in [0.717, 1.165) is 22.3 Å². The summed E-state index contributed by atoms with van der Waals surface area (Å²) in [6.07, 6.45) is 1.70. The van der Waals surface area contributed by atoms with Gasteiger partial charge in [0.2, 0.25) is 0 Å². The molecule has 0 unspecified atom stereocenters. The maximum absolute atomic E-state index is 11.9. The lowest BCUT2D eigenvalue weighted by Gasteiger charge is -2.06. The second-order valence-corrected chi connectivity index (χ2v) is 5.38. The van der Waals surface area contributed by atoms with Crippen molar-refractivity contribution in [2.24, 2.45) is 5.10 Å². The Morgan fingerprint density at radius 3 is 2.10 bits per heavy atom. The van der Waals surface area contributed by atoms with E-state index in [4.69, 9.17) is 0 Å². The standard InChI is InChI=1S/C18H20N2O/c1-12-5-7-16(8-6-12)18(21)20-19-11-17-14(3)9-13(2)10-15(17)4/h5-11H,1-4H3,(H,20,21)/b19-11+. The van der Waals surface area contributed by atoms with Crippen LogP contribution in [0.5, 0.6) is 0 Å². The zero-order chi connectivity index (χ0) is 15.4. The first-order valence-electron chi connectivity index (χ1n) is 6.95. The van der Waals surface area contributed by atoms with E-state index in [0.29, 0.717) is 5.56 Å². The summed E-state index contributed by atoms with van der Waals surface area (Å²) in [4.78, 5) is 11.9. The van der Waals surface area contributed by atoms with Crippen LogP contribution in [0.15, 0.2) is 41.5 Å². The molecule has 0 heterocycles. The maximum atomic E-state index is 11.9. The van der Waals surface area contributed by atoms with Crippen LogP contribution in [0, 0.1) is 27.7 Å². The molecule has 0 radical (unpaired) electrons. The highest BCUT2D eigenvalue weighted by Crippen LogP contribution is 2.14. The van der Waals surface area contributed by atoms with Gasteiger partial charge in [-0.3, -0.25) is 4.79 Å². The number of nitrogens with zero attached hydrogens (tertiary/aromatic N) is 1. The molecule has 3 nitrogen and oxygen atoms in total. The maximum Gasteiger partial charge on any atom is 0.271 e. The molecule has 1 N–H and O–H groups in total. The van der Waals surface area contributed by atoms with Crippen molar-refractivity contribution >= 4 is 12.1 Å². The van der Waals surface area contributed by atoms with E-state index in [1.807, 2.05) is 32.9 Å². The molecule has 0 aliphatic rings. The van der Waals surface area contributed by atoms with Crippen molar-refractivity contribution in [2.45, 2.75) is 27.7 Å². The fourth-order valence-electron chi connectivity index (χ4n) is 2.32. The molecule has 2 rings (SSSR count). The van der Waals surface area contributed by atoms with Crippen LogP contribution in [-0.4, -0.2) is 12.1 Å². The van der Waals surface area contributed by atoms with Crippen LogP contribution < -0.4 is 5.43 Å². The average Bonchev–Trinajstić information content (AvgIpc) is 2.42. The zero-order valence-electron chi connectivity index (χ0n) is 12.9. The van der Waals surface area contributed by atoms with Gasteiger partial charge in [-0.15, -0.1) is 0 Å². The van der Waals surface area contributed by atoms with Gasteiger partial charge in [-0.2, -0.15) is 5.10 Å². The first-order valence-corrected chi connectivity index (χ1v) is 6.95. The molecule has 0 fully saturated rings. The Hall–Kier alpha value is -2.42. The van der Waals surface area contributed by atoms with Crippen LogP contribution >= 0.6 is 0 Å². The van der Waals surface area contributed by atoms with Gasteiger partial charge in [0, 0.05) is 11.1 Å². The van der Waals surface area contributed by atoms with E-state index < -0.39 is 0 Å². The topological polar surface area (TPSA) is 41.5 Å². The van der Waals surface area contributed by atoms with Crippen LogP contribution in [0.25, 0.3) is 0 Å². The summed E-state index contributed by atoms with van der Waals surface area (Å²) in [5.74, 6) is -0.200. The van der Waals surface area contributed by atoms with E-state index >= 15 is 0 Å². The van der Waals surface area contributed by atoms with Crippen molar-refractivity contribution < 1.29 is 4.79 Å². The Labute approximate surface area is 125 Å². The molecule has 0 saturated carbocycles. The number of hydrogen-bond donors (Lipinski definition) is 1. The Morgan fingerprint density at radius 1 is 0.952 bits per heavy atom. The smallest absolute Gasteiger partial charge is 0.267 e. The minimum atomic E-state index is -0.200. The Bertz CT molecular complexity index is 662. The number of amides is 1. The minimum absolute atomic E-state index is 0.200. The summed E-state index contributed by atoms with van der Waals surface area (Å²) in [6.45, 7) is 8.15. The summed E-state index contributed by atoms with van der Waals surface area (Å²) < 4.78 is 0. The van der Waals surface area contributed by atoms with Gasteiger partial charge in [-0.25, -0.2) is 5.43 Å². The molecule has 3 heteroatoms. The van der Waals surface area contributed by atoms with Crippen LogP contribution in [-0.2, 0) is 0 Å². The lowest BCUT2D eigenvalue weighted by Crippen LogP contribution is -2.17. The van der Waals surface area contributed by atoms with Crippen molar-refractivity contribution in [2.75, 3.05) is 0 Å². The highest BCUT2D eigenvalue weighted by atomic mass is 16.2.